The van der Waals surface area contributed by atoms with Gasteiger partial charge in [0.1, 0.15) is 12.1 Å². The number of rotatable bonds is 3. The zero-order valence-electron chi connectivity index (χ0n) is 8.45. The first-order chi connectivity index (χ1) is 6.97. The van der Waals surface area contributed by atoms with E-state index in [1.807, 2.05) is 0 Å². The predicted octanol–water partition coefficient (Wildman–Crippen LogP) is 2.13. The molecule has 0 saturated heterocycles. The molecule has 80 valence electrons. The molecular formula is C11H11FO3. The Hall–Kier alpha value is -1.71. The Labute approximate surface area is 86.5 Å². The highest BCUT2D eigenvalue weighted by Crippen LogP contribution is 2.22. The molecule has 0 aliphatic rings. The third-order valence-corrected chi connectivity index (χ3v) is 2.33. The van der Waals surface area contributed by atoms with Crippen molar-refractivity contribution in [3.8, 4) is 0 Å². The van der Waals surface area contributed by atoms with E-state index in [1.165, 1.54) is 19.9 Å². The molecule has 4 heteroatoms. The normalized spacial score (nSPS) is 12.2. The maximum absolute atomic E-state index is 13.2. The number of carboxylic acid groups (broad SMARTS) is 1. The van der Waals surface area contributed by atoms with Crippen LogP contribution in [0.1, 0.15) is 34.3 Å². The minimum absolute atomic E-state index is 0.209. The Morgan fingerprint density at radius 2 is 2.13 bits per heavy atom. The van der Waals surface area contributed by atoms with Crippen molar-refractivity contribution in [3.05, 3.63) is 34.6 Å². The first-order valence-corrected chi connectivity index (χ1v) is 4.45. The number of halogens is 1. The molecule has 1 unspecified atom stereocenters. The average Bonchev–Trinajstić information content (AvgIpc) is 2.20. The third-order valence-electron chi connectivity index (χ3n) is 2.33. The molecule has 0 amide bonds. The number of hydrogen-bond acceptors (Lipinski definition) is 2. The van der Waals surface area contributed by atoms with Crippen LogP contribution in [0.4, 0.5) is 4.39 Å². The van der Waals surface area contributed by atoms with E-state index in [2.05, 4.69) is 0 Å². The molecule has 0 heterocycles. The summed E-state index contributed by atoms with van der Waals surface area (Å²) in [5.74, 6) is -2.47. The maximum atomic E-state index is 13.2. The Morgan fingerprint density at radius 1 is 1.53 bits per heavy atom. The van der Waals surface area contributed by atoms with Crippen molar-refractivity contribution in [1.29, 1.82) is 0 Å². The highest BCUT2D eigenvalue weighted by atomic mass is 19.1. The molecule has 0 aliphatic carbocycles. The van der Waals surface area contributed by atoms with Crippen molar-refractivity contribution in [2.24, 2.45) is 0 Å². The number of aldehydes is 1. The molecule has 0 fully saturated rings. The largest absolute Gasteiger partial charge is 0.481 e. The smallest absolute Gasteiger partial charge is 0.310 e. The predicted molar refractivity (Wildman–Crippen MR) is 52.6 cm³/mol. The summed E-state index contributed by atoms with van der Waals surface area (Å²) in [6.07, 6.45) is 0.543. The SMILES string of the molecule is Cc1cc(C=O)c(C(C)C(=O)O)cc1F. The van der Waals surface area contributed by atoms with Crippen LogP contribution in [0.5, 0.6) is 0 Å². The van der Waals surface area contributed by atoms with Gasteiger partial charge < -0.3 is 5.11 Å². The van der Waals surface area contributed by atoms with Gasteiger partial charge >= 0.3 is 5.97 Å². The molecule has 1 atom stereocenters. The molecule has 0 radical (unpaired) electrons. The van der Waals surface area contributed by atoms with Gasteiger partial charge in [0.15, 0.2) is 0 Å². The van der Waals surface area contributed by atoms with Crippen molar-refractivity contribution in [2.75, 3.05) is 0 Å². The standard InChI is InChI=1S/C11H11FO3/c1-6-3-8(5-13)9(4-10(6)12)7(2)11(14)15/h3-5,7H,1-2H3,(H,14,15). The van der Waals surface area contributed by atoms with Gasteiger partial charge in [0.25, 0.3) is 0 Å². The second-order valence-corrected chi connectivity index (χ2v) is 3.41. The lowest BCUT2D eigenvalue weighted by atomic mass is 9.94. The fraction of sp³-hybridized carbons (Fsp3) is 0.273. The summed E-state index contributed by atoms with van der Waals surface area (Å²) in [7, 11) is 0. The van der Waals surface area contributed by atoms with Gasteiger partial charge in [0.2, 0.25) is 0 Å². The minimum atomic E-state index is -1.08. The second-order valence-electron chi connectivity index (χ2n) is 3.41. The number of aryl methyl sites for hydroxylation is 1. The molecule has 1 aromatic rings. The summed E-state index contributed by atoms with van der Waals surface area (Å²) < 4.78 is 13.2. The molecule has 0 aliphatic heterocycles. The monoisotopic (exact) mass is 210 g/mol. The van der Waals surface area contributed by atoms with E-state index in [4.69, 9.17) is 5.11 Å². The highest BCUT2D eigenvalue weighted by molar-refractivity contribution is 5.84. The number of carbonyl (C=O) groups excluding carboxylic acids is 1. The fourth-order valence-electron chi connectivity index (χ4n) is 1.33. The summed E-state index contributed by atoms with van der Waals surface area (Å²) in [6, 6.07) is 2.47. The lowest BCUT2D eigenvalue weighted by Crippen LogP contribution is -2.10. The molecule has 0 saturated carbocycles. The van der Waals surface area contributed by atoms with Crippen LogP contribution >= 0.6 is 0 Å². The zero-order chi connectivity index (χ0) is 11.6. The molecule has 3 nitrogen and oxygen atoms in total. The van der Waals surface area contributed by atoms with Gasteiger partial charge in [0, 0.05) is 5.56 Å². The van der Waals surface area contributed by atoms with Crippen molar-refractivity contribution in [3.63, 3.8) is 0 Å². The van der Waals surface area contributed by atoms with Crippen LogP contribution < -0.4 is 0 Å². The van der Waals surface area contributed by atoms with Gasteiger partial charge in [-0.25, -0.2) is 4.39 Å². The van der Waals surface area contributed by atoms with Crippen molar-refractivity contribution in [1.82, 2.24) is 0 Å². The average molecular weight is 210 g/mol. The molecule has 0 aromatic heterocycles. The van der Waals surface area contributed by atoms with Crippen LogP contribution in [0.2, 0.25) is 0 Å². The van der Waals surface area contributed by atoms with Crippen LogP contribution in [-0.2, 0) is 4.79 Å². The molecule has 1 aromatic carbocycles. The van der Waals surface area contributed by atoms with E-state index < -0.39 is 17.7 Å². The summed E-state index contributed by atoms with van der Waals surface area (Å²) in [5.41, 5.74) is 0.767. The Bertz CT molecular complexity index is 413. The van der Waals surface area contributed by atoms with Gasteiger partial charge in [-0.05, 0) is 37.1 Å². The quantitative estimate of drug-likeness (QED) is 0.777. The topological polar surface area (TPSA) is 54.4 Å². The van der Waals surface area contributed by atoms with Crippen molar-refractivity contribution < 1.29 is 19.1 Å². The van der Waals surface area contributed by atoms with E-state index in [0.29, 0.717) is 11.8 Å². The molecule has 0 bridgehead atoms. The van der Waals surface area contributed by atoms with Crippen LogP contribution in [-0.4, -0.2) is 17.4 Å². The number of benzene rings is 1. The van der Waals surface area contributed by atoms with Crippen LogP contribution in [0.15, 0.2) is 12.1 Å². The zero-order valence-corrected chi connectivity index (χ0v) is 8.45. The summed E-state index contributed by atoms with van der Waals surface area (Å²) in [4.78, 5) is 21.4. The van der Waals surface area contributed by atoms with Gasteiger partial charge in [-0.15, -0.1) is 0 Å². The summed E-state index contributed by atoms with van der Waals surface area (Å²) in [5, 5.41) is 8.78. The van der Waals surface area contributed by atoms with E-state index in [1.54, 1.807) is 0 Å². The number of aliphatic carboxylic acids is 1. The molecular weight excluding hydrogens is 199 g/mol. The van der Waals surface area contributed by atoms with Crippen LogP contribution in [0.25, 0.3) is 0 Å². The van der Waals surface area contributed by atoms with E-state index in [9.17, 15) is 14.0 Å². The fourth-order valence-corrected chi connectivity index (χ4v) is 1.33. The van der Waals surface area contributed by atoms with Gasteiger partial charge in [-0.1, -0.05) is 0 Å². The Morgan fingerprint density at radius 3 is 2.60 bits per heavy atom. The van der Waals surface area contributed by atoms with Gasteiger partial charge in [-0.3, -0.25) is 9.59 Å². The Balaban J connectivity index is 3.33. The molecule has 1 rings (SSSR count). The summed E-state index contributed by atoms with van der Waals surface area (Å²) >= 11 is 0. The van der Waals surface area contributed by atoms with Crippen molar-refractivity contribution >= 4 is 12.3 Å². The number of carbonyl (C=O) groups is 2. The van der Waals surface area contributed by atoms with E-state index in [0.717, 1.165) is 6.07 Å². The highest BCUT2D eigenvalue weighted by Gasteiger charge is 2.18. The molecule has 15 heavy (non-hydrogen) atoms. The molecule has 1 N–H and O–H groups in total. The number of hydrogen-bond donors (Lipinski definition) is 1. The van der Waals surface area contributed by atoms with E-state index in [-0.39, 0.29) is 11.1 Å². The van der Waals surface area contributed by atoms with Crippen LogP contribution in [0.3, 0.4) is 0 Å². The van der Waals surface area contributed by atoms with Crippen molar-refractivity contribution in [2.45, 2.75) is 19.8 Å². The first-order valence-electron chi connectivity index (χ1n) is 4.45. The second kappa shape index (κ2) is 4.21. The first kappa shape index (κ1) is 11.4. The lowest BCUT2D eigenvalue weighted by molar-refractivity contribution is -0.138. The molecule has 0 spiro atoms. The van der Waals surface area contributed by atoms with E-state index >= 15 is 0 Å². The third kappa shape index (κ3) is 2.21. The van der Waals surface area contributed by atoms with Gasteiger partial charge in [-0.2, -0.15) is 0 Å². The van der Waals surface area contributed by atoms with Gasteiger partial charge in [0.05, 0.1) is 5.92 Å². The Kier molecular flexibility index (Phi) is 3.19. The lowest BCUT2D eigenvalue weighted by Gasteiger charge is -2.10. The summed E-state index contributed by atoms with van der Waals surface area (Å²) in [6.45, 7) is 2.94. The van der Waals surface area contributed by atoms with Crippen LogP contribution in [0, 0.1) is 12.7 Å². The maximum Gasteiger partial charge on any atom is 0.310 e. The number of carboxylic acids is 1. The minimum Gasteiger partial charge on any atom is -0.481 e.